The lowest BCUT2D eigenvalue weighted by Gasteiger charge is -2.32. The van der Waals surface area contributed by atoms with Crippen LogP contribution in [-0.4, -0.2) is 43.0 Å². The Kier molecular flexibility index (Phi) is 3.80. The van der Waals surface area contributed by atoms with Crippen LogP contribution in [0.1, 0.15) is 27.5 Å². The minimum absolute atomic E-state index is 0.143. The lowest BCUT2D eigenvalue weighted by molar-refractivity contribution is -0.142. The molecular weight excluding hydrogens is 336 g/mol. The third kappa shape index (κ3) is 2.55. The van der Waals surface area contributed by atoms with Crippen LogP contribution >= 0.6 is 0 Å². The Morgan fingerprint density at radius 1 is 1.31 bits per heavy atom. The molecule has 1 aliphatic rings. The number of fused-ring (bicyclic) bond motifs is 1. The number of nitrogens with zero attached hydrogens (tertiary/aromatic N) is 3. The fourth-order valence-electron chi connectivity index (χ4n) is 3.23. The van der Waals surface area contributed by atoms with Gasteiger partial charge < -0.3 is 19.5 Å². The maximum absolute atomic E-state index is 13.3. The van der Waals surface area contributed by atoms with Crippen molar-refractivity contribution in [2.75, 3.05) is 0 Å². The highest BCUT2D eigenvalue weighted by Gasteiger charge is 2.38. The number of amides is 1. The summed E-state index contributed by atoms with van der Waals surface area (Å²) in [5.41, 5.74) is 2.84. The van der Waals surface area contributed by atoms with Gasteiger partial charge >= 0.3 is 5.97 Å². The first-order chi connectivity index (χ1) is 12.6. The lowest BCUT2D eigenvalue weighted by atomic mass is 9.99. The standard InChI is InChI=1S/C18H16N4O4/c1-10-15(16(21-26-10)11-5-3-2-4-6-11)17(23)22-8-13-12(19-9-20-13)7-14(22)18(24)25/h2-6,9,14H,7-8H2,1H3,(H,19,20)(H,24,25). The number of H-pyrrole nitrogens is 1. The second-order valence-corrected chi connectivity index (χ2v) is 6.15. The summed E-state index contributed by atoms with van der Waals surface area (Å²) < 4.78 is 5.25. The molecule has 2 N–H and O–H groups in total. The van der Waals surface area contributed by atoms with Crippen molar-refractivity contribution < 1.29 is 19.2 Å². The number of aryl methyl sites for hydroxylation is 1. The van der Waals surface area contributed by atoms with E-state index in [0.717, 1.165) is 11.3 Å². The highest BCUT2D eigenvalue weighted by atomic mass is 16.5. The number of hydrogen-bond acceptors (Lipinski definition) is 5. The van der Waals surface area contributed by atoms with Gasteiger partial charge in [0.15, 0.2) is 0 Å². The third-order valence-corrected chi connectivity index (χ3v) is 4.57. The van der Waals surface area contributed by atoms with E-state index in [-0.39, 0.29) is 18.5 Å². The van der Waals surface area contributed by atoms with E-state index >= 15 is 0 Å². The Hall–Kier alpha value is -3.42. The highest BCUT2D eigenvalue weighted by Crippen LogP contribution is 2.29. The number of aliphatic carboxylic acids is 1. The van der Waals surface area contributed by atoms with Crippen LogP contribution in [-0.2, 0) is 17.8 Å². The van der Waals surface area contributed by atoms with E-state index in [1.165, 1.54) is 11.2 Å². The van der Waals surface area contributed by atoms with Gasteiger partial charge in [0, 0.05) is 12.0 Å². The fourth-order valence-corrected chi connectivity index (χ4v) is 3.23. The number of nitrogens with one attached hydrogen (secondary N) is 1. The number of carboxylic acids is 1. The Morgan fingerprint density at radius 3 is 2.81 bits per heavy atom. The first-order valence-corrected chi connectivity index (χ1v) is 8.13. The first-order valence-electron chi connectivity index (χ1n) is 8.13. The molecule has 0 radical (unpaired) electrons. The fraction of sp³-hybridized carbons (Fsp3) is 0.222. The van der Waals surface area contributed by atoms with Crippen LogP contribution in [0.15, 0.2) is 41.2 Å². The number of rotatable bonds is 3. The summed E-state index contributed by atoms with van der Waals surface area (Å²) in [7, 11) is 0. The van der Waals surface area contributed by atoms with Crippen LogP contribution < -0.4 is 0 Å². The minimum atomic E-state index is -1.07. The molecule has 3 heterocycles. The topological polar surface area (TPSA) is 112 Å². The van der Waals surface area contributed by atoms with Crippen LogP contribution in [0.2, 0.25) is 0 Å². The lowest BCUT2D eigenvalue weighted by Crippen LogP contribution is -2.48. The second kappa shape index (κ2) is 6.14. The zero-order valence-corrected chi connectivity index (χ0v) is 14.0. The smallest absolute Gasteiger partial charge is 0.326 e. The van der Waals surface area contributed by atoms with Crippen LogP contribution in [0, 0.1) is 6.92 Å². The maximum Gasteiger partial charge on any atom is 0.326 e. The SMILES string of the molecule is Cc1onc(-c2ccccc2)c1C(=O)N1Cc2[nH]cnc2CC1C(=O)O. The normalized spacial score (nSPS) is 16.3. The van der Waals surface area contributed by atoms with E-state index in [2.05, 4.69) is 15.1 Å². The molecule has 0 aliphatic carbocycles. The molecular formula is C18H16N4O4. The molecule has 2 aromatic heterocycles. The minimum Gasteiger partial charge on any atom is -0.480 e. The van der Waals surface area contributed by atoms with Crippen molar-refractivity contribution in [3.8, 4) is 11.3 Å². The van der Waals surface area contributed by atoms with Gasteiger partial charge in [-0.25, -0.2) is 9.78 Å². The second-order valence-electron chi connectivity index (χ2n) is 6.15. The van der Waals surface area contributed by atoms with Gasteiger partial charge in [0.2, 0.25) is 0 Å². The largest absolute Gasteiger partial charge is 0.480 e. The Morgan fingerprint density at radius 2 is 2.08 bits per heavy atom. The number of carboxylic acid groups (broad SMARTS) is 1. The van der Waals surface area contributed by atoms with Crippen LogP contribution in [0.25, 0.3) is 11.3 Å². The van der Waals surface area contributed by atoms with E-state index in [1.54, 1.807) is 6.92 Å². The Balaban J connectivity index is 1.76. The van der Waals surface area contributed by atoms with Crippen molar-refractivity contribution in [1.82, 2.24) is 20.0 Å². The van der Waals surface area contributed by atoms with Gasteiger partial charge in [0.05, 0.1) is 24.3 Å². The monoisotopic (exact) mass is 352 g/mol. The molecule has 8 nitrogen and oxygen atoms in total. The van der Waals surface area contributed by atoms with E-state index in [1.807, 2.05) is 30.3 Å². The molecule has 1 atom stereocenters. The molecule has 0 fully saturated rings. The summed E-state index contributed by atoms with van der Waals surface area (Å²) in [5.74, 6) is -1.13. The molecule has 0 bridgehead atoms. The number of imidazole rings is 1. The number of benzene rings is 1. The highest BCUT2D eigenvalue weighted by molar-refractivity contribution is 6.02. The van der Waals surface area contributed by atoms with Gasteiger partial charge in [-0.05, 0) is 6.92 Å². The molecule has 4 rings (SSSR count). The molecule has 0 saturated heterocycles. The van der Waals surface area contributed by atoms with Crippen LogP contribution in [0.5, 0.6) is 0 Å². The summed E-state index contributed by atoms with van der Waals surface area (Å²) in [4.78, 5) is 33.4. The summed E-state index contributed by atoms with van der Waals surface area (Å²) >= 11 is 0. The zero-order valence-electron chi connectivity index (χ0n) is 14.0. The average molecular weight is 352 g/mol. The molecule has 0 spiro atoms. The number of hydrogen-bond donors (Lipinski definition) is 2. The third-order valence-electron chi connectivity index (χ3n) is 4.57. The number of aromatic nitrogens is 3. The van der Waals surface area contributed by atoms with Gasteiger partial charge in [-0.3, -0.25) is 4.79 Å². The van der Waals surface area contributed by atoms with Crippen molar-refractivity contribution in [1.29, 1.82) is 0 Å². The van der Waals surface area contributed by atoms with E-state index in [9.17, 15) is 14.7 Å². The molecule has 1 amide bonds. The van der Waals surface area contributed by atoms with E-state index in [4.69, 9.17) is 4.52 Å². The van der Waals surface area contributed by atoms with Crippen molar-refractivity contribution in [2.45, 2.75) is 25.9 Å². The molecule has 8 heteroatoms. The van der Waals surface area contributed by atoms with Crippen molar-refractivity contribution in [3.05, 3.63) is 59.4 Å². The van der Waals surface area contributed by atoms with Crippen LogP contribution in [0.4, 0.5) is 0 Å². The van der Waals surface area contributed by atoms with Crippen molar-refractivity contribution in [3.63, 3.8) is 0 Å². The first kappa shape index (κ1) is 16.1. The summed E-state index contributed by atoms with van der Waals surface area (Å²) in [6, 6.07) is 8.20. The number of carbonyl (C=O) groups is 2. The predicted molar refractivity (Wildman–Crippen MR) is 90.3 cm³/mol. The predicted octanol–water partition coefficient (Wildman–Crippen LogP) is 2.02. The van der Waals surface area contributed by atoms with E-state index < -0.39 is 17.9 Å². The molecule has 1 unspecified atom stereocenters. The molecule has 3 aromatic rings. The van der Waals surface area contributed by atoms with Crippen molar-refractivity contribution in [2.24, 2.45) is 0 Å². The molecule has 1 aromatic carbocycles. The van der Waals surface area contributed by atoms with Gasteiger partial charge in [-0.2, -0.15) is 0 Å². The Labute approximate surface area is 148 Å². The molecule has 26 heavy (non-hydrogen) atoms. The average Bonchev–Trinajstić information content (AvgIpc) is 3.26. The van der Waals surface area contributed by atoms with Gasteiger partial charge in [-0.15, -0.1) is 0 Å². The number of carbonyl (C=O) groups excluding carboxylic acids is 1. The Bertz CT molecular complexity index is 976. The summed E-state index contributed by atoms with van der Waals surface area (Å²) in [5, 5.41) is 13.6. The van der Waals surface area contributed by atoms with Gasteiger partial charge in [0.25, 0.3) is 5.91 Å². The molecule has 1 aliphatic heterocycles. The van der Waals surface area contributed by atoms with E-state index in [0.29, 0.717) is 17.1 Å². The van der Waals surface area contributed by atoms with Crippen molar-refractivity contribution >= 4 is 11.9 Å². The quantitative estimate of drug-likeness (QED) is 0.746. The number of aromatic amines is 1. The van der Waals surface area contributed by atoms with Gasteiger partial charge in [-0.1, -0.05) is 35.5 Å². The summed E-state index contributed by atoms with van der Waals surface area (Å²) in [6.07, 6.45) is 1.67. The zero-order chi connectivity index (χ0) is 18.3. The maximum atomic E-state index is 13.3. The molecule has 0 saturated carbocycles. The summed E-state index contributed by atoms with van der Waals surface area (Å²) in [6.45, 7) is 1.79. The van der Waals surface area contributed by atoms with Gasteiger partial charge in [0.1, 0.15) is 23.1 Å². The molecule has 132 valence electrons. The van der Waals surface area contributed by atoms with Crippen LogP contribution in [0.3, 0.4) is 0 Å².